The number of carboxylic acids is 1. The zero-order chi connectivity index (χ0) is 18.4. The number of likely N-dealkylation sites (tertiary alicyclic amines) is 1. The van der Waals surface area contributed by atoms with E-state index in [0.29, 0.717) is 37.3 Å². The van der Waals surface area contributed by atoms with Crippen LogP contribution in [0, 0.1) is 24.7 Å². The zero-order valence-electron chi connectivity index (χ0n) is 15.4. The van der Waals surface area contributed by atoms with Gasteiger partial charge in [0.15, 0.2) is 5.69 Å². The first-order chi connectivity index (χ1) is 12.5. The second-order valence-corrected chi connectivity index (χ2v) is 8.11. The average molecular weight is 361 g/mol. The van der Waals surface area contributed by atoms with E-state index in [1.54, 1.807) is 4.90 Å². The minimum Gasteiger partial charge on any atom is -0.481 e. The van der Waals surface area contributed by atoms with Crippen LogP contribution in [0.25, 0.3) is 0 Å². The van der Waals surface area contributed by atoms with Crippen molar-refractivity contribution in [1.82, 2.24) is 14.7 Å². The fourth-order valence-corrected chi connectivity index (χ4v) is 4.58. The molecule has 4 atom stereocenters. The van der Waals surface area contributed by atoms with Crippen LogP contribution in [-0.4, -0.2) is 57.5 Å². The minimum absolute atomic E-state index is 0.0539. The van der Waals surface area contributed by atoms with Crippen LogP contribution in [0.2, 0.25) is 0 Å². The Bertz CT molecular complexity index is 712. The summed E-state index contributed by atoms with van der Waals surface area (Å²) in [6, 6.07) is 2.21. The predicted molar refractivity (Wildman–Crippen MR) is 93.9 cm³/mol. The van der Waals surface area contributed by atoms with E-state index in [0.717, 1.165) is 12.1 Å². The van der Waals surface area contributed by atoms with Gasteiger partial charge >= 0.3 is 5.97 Å². The molecule has 4 rings (SSSR count). The number of amides is 1. The monoisotopic (exact) mass is 361 g/mol. The molecule has 7 nitrogen and oxygen atoms in total. The van der Waals surface area contributed by atoms with Gasteiger partial charge in [-0.05, 0) is 51.5 Å². The third-order valence-electron chi connectivity index (χ3n) is 6.28. The molecule has 3 heterocycles. The molecule has 1 amide bonds. The lowest BCUT2D eigenvalue weighted by atomic mass is 9.81. The van der Waals surface area contributed by atoms with E-state index in [4.69, 9.17) is 4.74 Å². The molecule has 1 unspecified atom stereocenters. The molecule has 3 aliphatic rings. The van der Waals surface area contributed by atoms with Crippen LogP contribution in [0.3, 0.4) is 0 Å². The van der Waals surface area contributed by atoms with E-state index in [1.807, 2.05) is 17.7 Å². The Labute approximate surface area is 153 Å². The quantitative estimate of drug-likeness (QED) is 0.888. The maximum atomic E-state index is 13.2. The highest BCUT2D eigenvalue weighted by Crippen LogP contribution is 2.40. The maximum absolute atomic E-state index is 13.2. The van der Waals surface area contributed by atoms with Crippen molar-refractivity contribution in [2.24, 2.45) is 17.8 Å². The Morgan fingerprint density at radius 3 is 2.81 bits per heavy atom. The Morgan fingerprint density at radius 2 is 2.12 bits per heavy atom. The van der Waals surface area contributed by atoms with Crippen molar-refractivity contribution in [3.05, 3.63) is 17.5 Å². The van der Waals surface area contributed by atoms with Crippen LogP contribution >= 0.6 is 0 Å². The van der Waals surface area contributed by atoms with Gasteiger partial charge in [0, 0.05) is 30.8 Å². The molecule has 0 spiro atoms. The molecule has 0 radical (unpaired) electrons. The van der Waals surface area contributed by atoms with Crippen LogP contribution in [0.15, 0.2) is 6.07 Å². The molecular formula is C19H27N3O4. The Balaban J connectivity index is 1.59. The van der Waals surface area contributed by atoms with E-state index < -0.39 is 11.9 Å². The molecule has 2 saturated heterocycles. The maximum Gasteiger partial charge on any atom is 0.308 e. The highest BCUT2D eigenvalue weighted by Gasteiger charge is 2.43. The predicted octanol–water partition coefficient (Wildman–Crippen LogP) is 2.11. The molecule has 1 aliphatic carbocycles. The number of hydrogen-bond donors (Lipinski definition) is 1. The van der Waals surface area contributed by atoms with Crippen molar-refractivity contribution in [3.8, 4) is 0 Å². The SMILES string of the molecule is Cc1cc(C(=O)N2C[C@H](C(=O)O)C[C@@H]3COCC[C@H]32)nn1C(C)C1CC1. The van der Waals surface area contributed by atoms with Crippen LogP contribution < -0.4 is 0 Å². The first kappa shape index (κ1) is 17.5. The molecular weight excluding hydrogens is 334 g/mol. The van der Waals surface area contributed by atoms with E-state index in [2.05, 4.69) is 12.0 Å². The first-order valence-corrected chi connectivity index (χ1v) is 9.63. The summed E-state index contributed by atoms with van der Waals surface area (Å²) in [7, 11) is 0. The highest BCUT2D eigenvalue weighted by molar-refractivity contribution is 5.93. The fraction of sp³-hybridized carbons (Fsp3) is 0.737. The molecule has 26 heavy (non-hydrogen) atoms. The first-order valence-electron chi connectivity index (χ1n) is 9.63. The normalized spacial score (nSPS) is 29.9. The topological polar surface area (TPSA) is 84.7 Å². The van der Waals surface area contributed by atoms with E-state index in [1.165, 1.54) is 12.8 Å². The van der Waals surface area contributed by atoms with Gasteiger partial charge in [0.25, 0.3) is 5.91 Å². The van der Waals surface area contributed by atoms with Crippen LogP contribution in [0.1, 0.15) is 54.8 Å². The summed E-state index contributed by atoms with van der Waals surface area (Å²) < 4.78 is 7.50. The summed E-state index contributed by atoms with van der Waals surface area (Å²) in [5.41, 5.74) is 1.43. The van der Waals surface area contributed by atoms with Gasteiger partial charge in [-0.3, -0.25) is 14.3 Å². The van der Waals surface area contributed by atoms with Gasteiger partial charge in [-0.25, -0.2) is 0 Å². The number of aliphatic carboxylic acids is 1. The number of piperidine rings is 1. The van der Waals surface area contributed by atoms with Crippen molar-refractivity contribution < 1.29 is 19.4 Å². The van der Waals surface area contributed by atoms with Crippen LogP contribution in [0.4, 0.5) is 0 Å². The molecule has 1 aromatic rings. The molecule has 7 heteroatoms. The smallest absolute Gasteiger partial charge is 0.308 e. The van der Waals surface area contributed by atoms with Gasteiger partial charge in [-0.1, -0.05) is 0 Å². The third kappa shape index (κ3) is 3.13. The van der Waals surface area contributed by atoms with Gasteiger partial charge in [0.1, 0.15) is 0 Å². The molecule has 1 saturated carbocycles. The van der Waals surface area contributed by atoms with E-state index in [-0.39, 0.29) is 24.4 Å². The second-order valence-electron chi connectivity index (χ2n) is 8.11. The summed E-state index contributed by atoms with van der Waals surface area (Å²) >= 11 is 0. The van der Waals surface area contributed by atoms with Gasteiger partial charge < -0.3 is 14.7 Å². The van der Waals surface area contributed by atoms with Crippen LogP contribution in [-0.2, 0) is 9.53 Å². The number of nitrogens with zero attached hydrogens (tertiary/aromatic N) is 3. The van der Waals surface area contributed by atoms with Gasteiger partial charge in [-0.2, -0.15) is 5.10 Å². The number of aromatic nitrogens is 2. The van der Waals surface area contributed by atoms with E-state index in [9.17, 15) is 14.7 Å². The van der Waals surface area contributed by atoms with Crippen molar-refractivity contribution in [2.75, 3.05) is 19.8 Å². The number of carbonyl (C=O) groups is 2. The lowest BCUT2D eigenvalue weighted by Gasteiger charge is -2.45. The fourth-order valence-electron chi connectivity index (χ4n) is 4.58. The number of hydrogen-bond acceptors (Lipinski definition) is 4. The lowest BCUT2D eigenvalue weighted by Crippen LogP contribution is -2.56. The standard InChI is InChI=1S/C19H27N3O4/c1-11-7-16(20-22(11)12(2)13-3-4-13)18(23)21-9-14(19(24)25)8-15-10-26-6-5-17(15)21/h7,12-15,17H,3-6,8-10H2,1-2H3,(H,24,25)/t12?,14-,15-,17-/m1/s1. The molecule has 1 N–H and O–H groups in total. The molecule has 1 aromatic heterocycles. The lowest BCUT2D eigenvalue weighted by molar-refractivity contribution is -0.146. The Kier molecular flexibility index (Phi) is 4.50. The van der Waals surface area contributed by atoms with Crippen molar-refractivity contribution >= 4 is 11.9 Å². The third-order valence-corrected chi connectivity index (χ3v) is 6.28. The number of carboxylic acid groups (broad SMARTS) is 1. The number of fused-ring (bicyclic) bond motifs is 1. The zero-order valence-corrected chi connectivity index (χ0v) is 15.4. The molecule has 0 aromatic carbocycles. The summed E-state index contributed by atoms with van der Waals surface area (Å²) in [6.07, 6.45) is 3.79. The molecule has 142 valence electrons. The molecule has 3 fully saturated rings. The Hall–Kier alpha value is -1.89. The minimum atomic E-state index is -0.837. The van der Waals surface area contributed by atoms with Crippen molar-refractivity contribution in [1.29, 1.82) is 0 Å². The molecule has 2 aliphatic heterocycles. The van der Waals surface area contributed by atoms with E-state index >= 15 is 0 Å². The molecule has 0 bridgehead atoms. The van der Waals surface area contributed by atoms with Gasteiger partial charge in [0.2, 0.25) is 0 Å². The summed E-state index contributed by atoms with van der Waals surface area (Å²) in [4.78, 5) is 26.5. The van der Waals surface area contributed by atoms with Crippen LogP contribution in [0.5, 0.6) is 0 Å². The second kappa shape index (κ2) is 6.68. The van der Waals surface area contributed by atoms with Crippen molar-refractivity contribution in [2.45, 2.75) is 51.6 Å². The summed E-state index contributed by atoms with van der Waals surface area (Å²) in [5.74, 6) is -0.761. The number of carbonyl (C=O) groups excluding carboxylic acids is 1. The Morgan fingerprint density at radius 1 is 1.35 bits per heavy atom. The number of rotatable bonds is 4. The average Bonchev–Trinajstić information content (AvgIpc) is 3.41. The van der Waals surface area contributed by atoms with Gasteiger partial charge in [0.05, 0.1) is 18.6 Å². The number of ether oxygens (including phenoxy) is 1. The summed E-state index contributed by atoms with van der Waals surface area (Å²) in [5, 5.41) is 14.1. The number of aryl methyl sites for hydroxylation is 1. The highest BCUT2D eigenvalue weighted by atomic mass is 16.5. The van der Waals surface area contributed by atoms with Gasteiger partial charge in [-0.15, -0.1) is 0 Å². The summed E-state index contributed by atoms with van der Waals surface area (Å²) in [6.45, 7) is 5.55. The van der Waals surface area contributed by atoms with Crippen molar-refractivity contribution in [3.63, 3.8) is 0 Å². The largest absolute Gasteiger partial charge is 0.481 e.